The fourth-order valence-corrected chi connectivity index (χ4v) is 3.48. The van der Waals surface area contributed by atoms with Crippen LogP contribution in [0.3, 0.4) is 0 Å². The number of carbonyl (C=O) groups excluding carboxylic acids is 1. The van der Waals surface area contributed by atoms with Crippen molar-refractivity contribution in [1.29, 1.82) is 0 Å². The zero-order valence-electron chi connectivity index (χ0n) is 12.6. The van der Waals surface area contributed by atoms with Crippen LogP contribution in [0.5, 0.6) is 0 Å². The lowest BCUT2D eigenvalue weighted by atomic mass is 9.47. The third-order valence-corrected chi connectivity index (χ3v) is 5.41. The van der Waals surface area contributed by atoms with Gasteiger partial charge in [-0.2, -0.15) is 0 Å². The summed E-state index contributed by atoms with van der Waals surface area (Å²) in [5, 5.41) is 9.43. The van der Waals surface area contributed by atoms with Gasteiger partial charge in [0.1, 0.15) is 5.54 Å². The lowest BCUT2D eigenvalue weighted by Crippen LogP contribution is -2.81. The Labute approximate surface area is 115 Å². The number of hydrogen-bond donors (Lipinski definition) is 2. The van der Waals surface area contributed by atoms with Gasteiger partial charge in [0.25, 0.3) is 0 Å². The molecule has 0 aromatic carbocycles. The van der Waals surface area contributed by atoms with Crippen LogP contribution in [0.2, 0.25) is 0 Å². The topological polar surface area (TPSA) is 75.8 Å². The Morgan fingerprint density at radius 3 is 2.63 bits per heavy atom. The Balaban J connectivity index is 2.28. The molecule has 2 aliphatic rings. The quantitative estimate of drug-likeness (QED) is 0.776. The van der Waals surface area contributed by atoms with Crippen LogP contribution in [0.25, 0.3) is 0 Å². The van der Waals surface area contributed by atoms with E-state index in [0.29, 0.717) is 6.61 Å². The zero-order valence-corrected chi connectivity index (χ0v) is 12.6. The first-order valence-electron chi connectivity index (χ1n) is 6.90. The highest BCUT2D eigenvalue weighted by Gasteiger charge is 2.72. The second-order valence-electron chi connectivity index (χ2n) is 7.11. The predicted octanol–water partition coefficient (Wildman–Crippen LogP) is 0.358. The number of hydrogen-bond acceptors (Lipinski definition) is 4. The SMILES string of the molecule is CN(C(=O)C1(N)C2CCOC2C1(C)C)C(C)(C)CO. The van der Waals surface area contributed by atoms with Crippen molar-refractivity contribution in [3.63, 3.8) is 0 Å². The number of aliphatic hydroxyl groups excluding tert-OH is 1. The van der Waals surface area contributed by atoms with E-state index in [4.69, 9.17) is 10.5 Å². The second-order valence-corrected chi connectivity index (χ2v) is 7.11. The molecule has 0 spiro atoms. The maximum absolute atomic E-state index is 12.8. The molecule has 0 bridgehead atoms. The van der Waals surface area contributed by atoms with E-state index >= 15 is 0 Å². The number of aliphatic hydroxyl groups is 1. The fraction of sp³-hybridized carbons (Fsp3) is 0.929. The number of nitrogens with zero attached hydrogens (tertiary/aromatic N) is 1. The van der Waals surface area contributed by atoms with Gasteiger partial charge in [-0.15, -0.1) is 0 Å². The molecular formula is C14H26N2O3. The molecule has 3 N–H and O–H groups in total. The van der Waals surface area contributed by atoms with E-state index in [-0.39, 0.29) is 30.0 Å². The molecule has 1 saturated carbocycles. The monoisotopic (exact) mass is 270 g/mol. The van der Waals surface area contributed by atoms with Gasteiger partial charge in [0, 0.05) is 25.0 Å². The van der Waals surface area contributed by atoms with Crippen molar-refractivity contribution in [2.45, 2.75) is 51.3 Å². The van der Waals surface area contributed by atoms with E-state index in [0.717, 1.165) is 6.42 Å². The van der Waals surface area contributed by atoms with E-state index in [1.807, 2.05) is 27.7 Å². The summed E-state index contributed by atoms with van der Waals surface area (Å²) in [6.45, 7) is 8.26. The van der Waals surface area contributed by atoms with E-state index in [2.05, 4.69) is 0 Å². The van der Waals surface area contributed by atoms with Crippen molar-refractivity contribution in [2.75, 3.05) is 20.3 Å². The average Bonchev–Trinajstić information content (AvgIpc) is 2.83. The summed E-state index contributed by atoms with van der Waals surface area (Å²) in [6, 6.07) is 0. The van der Waals surface area contributed by atoms with Crippen molar-refractivity contribution in [1.82, 2.24) is 4.90 Å². The number of carbonyl (C=O) groups is 1. The molecule has 5 nitrogen and oxygen atoms in total. The molecule has 2 fully saturated rings. The standard InChI is InChI=1S/C14H26N2O3/c1-12(2,8-17)16(5)11(18)14(15)9-6-7-19-10(9)13(14,3)4/h9-10,17H,6-8,15H2,1-5H3. The molecule has 1 amide bonds. The minimum atomic E-state index is -0.893. The largest absolute Gasteiger partial charge is 0.394 e. The molecule has 1 saturated heterocycles. The van der Waals surface area contributed by atoms with Gasteiger partial charge in [-0.1, -0.05) is 13.8 Å². The molecule has 110 valence electrons. The van der Waals surface area contributed by atoms with Crippen LogP contribution in [0.15, 0.2) is 0 Å². The molecule has 5 heteroatoms. The molecule has 0 aromatic rings. The van der Waals surface area contributed by atoms with Crippen LogP contribution < -0.4 is 5.73 Å². The summed E-state index contributed by atoms with van der Waals surface area (Å²) < 4.78 is 5.70. The summed E-state index contributed by atoms with van der Waals surface area (Å²) in [5.74, 6) is -0.00440. The molecular weight excluding hydrogens is 244 g/mol. The minimum Gasteiger partial charge on any atom is -0.394 e. The number of fused-ring (bicyclic) bond motifs is 1. The Bertz CT molecular complexity index is 394. The zero-order chi connectivity index (χ0) is 14.6. The van der Waals surface area contributed by atoms with Crippen molar-refractivity contribution in [2.24, 2.45) is 17.1 Å². The molecule has 3 atom stereocenters. The highest BCUT2D eigenvalue weighted by molar-refractivity contribution is 5.90. The van der Waals surface area contributed by atoms with E-state index in [1.54, 1.807) is 11.9 Å². The summed E-state index contributed by atoms with van der Waals surface area (Å²) in [6.07, 6.45) is 0.913. The summed E-state index contributed by atoms with van der Waals surface area (Å²) >= 11 is 0. The summed E-state index contributed by atoms with van der Waals surface area (Å²) in [5.41, 5.74) is 4.64. The van der Waals surface area contributed by atoms with Crippen molar-refractivity contribution in [3.8, 4) is 0 Å². The van der Waals surface area contributed by atoms with Crippen LogP contribution in [0.4, 0.5) is 0 Å². The van der Waals surface area contributed by atoms with Gasteiger partial charge in [-0.05, 0) is 20.3 Å². The lowest BCUT2D eigenvalue weighted by molar-refractivity contribution is -0.187. The summed E-state index contributed by atoms with van der Waals surface area (Å²) in [7, 11) is 1.71. The molecule has 3 unspecified atom stereocenters. The first-order chi connectivity index (χ1) is 8.60. The maximum Gasteiger partial charge on any atom is 0.243 e. The van der Waals surface area contributed by atoms with Crippen molar-refractivity contribution < 1.29 is 14.6 Å². The number of ether oxygens (including phenoxy) is 1. The second kappa shape index (κ2) is 4.17. The fourth-order valence-electron chi connectivity index (χ4n) is 3.48. The van der Waals surface area contributed by atoms with Gasteiger partial charge < -0.3 is 20.5 Å². The average molecular weight is 270 g/mol. The number of rotatable bonds is 3. The Hall–Kier alpha value is -0.650. The molecule has 19 heavy (non-hydrogen) atoms. The molecule has 1 aliphatic heterocycles. The number of amides is 1. The van der Waals surface area contributed by atoms with Gasteiger partial charge in [0.2, 0.25) is 5.91 Å². The smallest absolute Gasteiger partial charge is 0.243 e. The minimum absolute atomic E-state index is 0.0760. The normalized spacial score (nSPS) is 36.6. The number of likely N-dealkylation sites (N-methyl/N-ethyl adjacent to an activating group) is 1. The van der Waals surface area contributed by atoms with Crippen LogP contribution in [-0.4, -0.2) is 53.4 Å². The van der Waals surface area contributed by atoms with E-state index in [1.165, 1.54) is 0 Å². The Morgan fingerprint density at radius 1 is 1.53 bits per heavy atom. The molecule has 2 rings (SSSR count). The van der Waals surface area contributed by atoms with Gasteiger partial charge >= 0.3 is 0 Å². The van der Waals surface area contributed by atoms with E-state index in [9.17, 15) is 9.90 Å². The molecule has 1 aliphatic carbocycles. The van der Waals surface area contributed by atoms with Crippen molar-refractivity contribution >= 4 is 5.91 Å². The van der Waals surface area contributed by atoms with Gasteiger partial charge in [0.05, 0.1) is 18.2 Å². The first kappa shape index (κ1) is 14.8. The maximum atomic E-state index is 12.8. The highest BCUT2D eigenvalue weighted by atomic mass is 16.5. The van der Waals surface area contributed by atoms with Gasteiger partial charge in [-0.3, -0.25) is 4.79 Å². The van der Waals surface area contributed by atoms with E-state index < -0.39 is 11.1 Å². The molecule has 0 radical (unpaired) electrons. The molecule has 0 aromatic heterocycles. The van der Waals surface area contributed by atoms with Gasteiger partial charge in [0.15, 0.2) is 0 Å². The van der Waals surface area contributed by atoms with Crippen LogP contribution in [0.1, 0.15) is 34.1 Å². The summed E-state index contributed by atoms with van der Waals surface area (Å²) in [4.78, 5) is 14.4. The Kier molecular flexibility index (Phi) is 3.24. The lowest BCUT2D eigenvalue weighted by Gasteiger charge is -2.62. The Morgan fingerprint density at radius 2 is 2.11 bits per heavy atom. The van der Waals surface area contributed by atoms with Crippen LogP contribution in [-0.2, 0) is 9.53 Å². The third kappa shape index (κ3) is 1.68. The highest BCUT2D eigenvalue weighted by Crippen LogP contribution is 2.58. The van der Waals surface area contributed by atoms with Gasteiger partial charge in [-0.25, -0.2) is 0 Å². The number of nitrogens with two attached hydrogens (primary N) is 1. The van der Waals surface area contributed by atoms with Crippen LogP contribution in [0, 0.1) is 11.3 Å². The third-order valence-electron chi connectivity index (χ3n) is 5.41. The molecule has 1 heterocycles. The van der Waals surface area contributed by atoms with Crippen LogP contribution >= 0.6 is 0 Å². The predicted molar refractivity (Wildman–Crippen MR) is 72.5 cm³/mol. The van der Waals surface area contributed by atoms with Crippen molar-refractivity contribution in [3.05, 3.63) is 0 Å². The first-order valence-corrected chi connectivity index (χ1v) is 6.90.